The third-order valence-corrected chi connectivity index (χ3v) is 15.4. The summed E-state index contributed by atoms with van der Waals surface area (Å²) in [6, 6.07) is 0. The van der Waals surface area contributed by atoms with Gasteiger partial charge < -0.3 is 143 Å². The molecule has 0 heterocycles. The lowest BCUT2D eigenvalue weighted by atomic mass is 9.72. The van der Waals surface area contributed by atoms with Crippen LogP contribution >= 0.6 is 0 Å². The Morgan fingerprint density at radius 3 is 0.926 bits per heavy atom. The number of aryl methyl sites for hydroxylation is 2. The maximum absolute atomic E-state index is 12.2. The molecule has 0 fully saturated rings. The van der Waals surface area contributed by atoms with Gasteiger partial charge in [-0.1, -0.05) is 0 Å². The first-order chi connectivity index (χ1) is 37.7. The van der Waals surface area contributed by atoms with Crippen molar-refractivity contribution in [3.05, 3.63) is 22.3 Å². The summed E-state index contributed by atoms with van der Waals surface area (Å²) in [5, 5.41) is 313. The van der Waals surface area contributed by atoms with Gasteiger partial charge in [-0.25, -0.2) is 0 Å². The van der Waals surface area contributed by atoms with Crippen molar-refractivity contribution in [2.45, 2.75) is 32.5 Å². The summed E-state index contributed by atoms with van der Waals surface area (Å²) in [7, 11) is 0. The molecule has 81 heavy (non-hydrogen) atoms. The van der Waals surface area contributed by atoms with Crippen molar-refractivity contribution in [1.29, 1.82) is 0 Å². The number of aliphatic hydroxyl groups excluding tert-OH is 1. The zero-order chi connectivity index (χ0) is 59.8. The molecule has 0 bridgehead atoms. The van der Waals surface area contributed by atoms with E-state index in [4.69, 9.17) is 0 Å². The van der Waals surface area contributed by atoms with E-state index in [9.17, 15) is 143 Å². The number of aliphatic hydroxyl groups is 2. The maximum Gasteiger partial charge on any atom is 0.201 e. The Bertz CT molecular complexity index is 4660. The molecule has 28 heteroatoms. The Morgan fingerprint density at radius 2 is 0.481 bits per heavy atom. The molecule has 28 N–H and O–H groups in total. The normalized spacial score (nSPS) is 15.2. The minimum absolute atomic E-state index is 0.249. The summed E-state index contributed by atoms with van der Waals surface area (Å²) in [5.74, 6) is -40.2. The second kappa shape index (κ2) is 15.6. The smallest absolute Gasteiger partial charge is 0.201 e. The molecule has 0 saturated carbocycles. The SMILES string of the molecule is Cc1c(O)c2c(C)c(O)c(-c3c(O)c(O)c(O)c(-c4c(O)c(O)c(-c5c(O)c(O)c(O)c(-c6c(O)c(O)c7c8c6c(O)c(O)c6c(O)c(O)c(O)c(c68)C(C)(O)C7O)c5O)c(O)c4O)c3O)c3c(O)c(O)c4c(O)c(O)c(O)c1c4c23. The van der Waals surface area contributed by atoms with Gasteiger partial charge in [-0.3, -0.25) is 0 Å². The van der Waals surface area contributed by atoms with Crippen LogP contribution in [0.4, 0.5) is 0 Å². The Morgan fingerprint density at radius 1 is 0.222 bits per heavy atom. The van der Waals surface area contributed by atoms with Gasteiger partial charge in [-0.15, -0.1) is 0 Å². The molecular weight excluding hydrogens is 1080 g/mol. The lowest BCUT2D eigenvalue weighted by Crippen LogP contribution is -2.33. The molecule has 0 radical (unpaired) electrons. The van der Waals surface area contributed by atoms with Crippen LogP contribution in [0, 0.1) is 13.8 Å². The van der Waals surface area contributed by atoms with E-state index in [0.29, 0.717) is 0 Å². The van der Waals surface area contributed by atoms with E-state index < -0.39 is 276 Å². The Balaban J connectivity index is 1.22. The number of phenolic OH excluding ortho intramolecular Hbond substituents is 26. The first kappa shape index (κ1) is 51.6. The third-order valence-electron chi connectivity index (χ3n) is 15.4. The number of aromatic hydroxyl groups is 26. The number of benzene rings is 10. The maximum atomic E-state index is 12.2. The van der Waals surface area contributed by atoms with Crippen LogP contribution in [0.2, 0.25) is 0 Å². The van der Waals surface area contributed by atoms with Gasteiger partial charge in [0.25, 0.3) is 0 Å². The second-order valence-corrected chi connectivity index (χ2v) is 19.4. The highest BCUT2D eigenvalue weighted by molar-refractivity contribution is 6.35. The average molecular weight is 1120 g/mol. The van der Waals surface area contributed by atoms with Crippen LogP contribution in [0.15, 0.2) is 0 Å². The predicted molar refractivity (Wildman–Crippen MR) is 274 cm³/mol. The van der Waals surface area contributed by atoms with E-state index in [-0.39, 0.29) is 5.56 Å². The van der Waals surface area contributed by atoms with Crippen LogP contribution in [0.1, 0.15) is 35.3 Å². The predicted octanol–water partition coefficient (Wildman–Crippen LogP) is 5.78. The largest absolute Gasteiger partial charge is 0.507 e. The van der Waals surface area contributed by atoms with Gasteiger partial charge in [0.15, 0.2) is 103 Å². The zero-order valence-electron chi connectivity index (χ0n) is 40.6. The Labute approximate surface area is 444 Å². The standard InChI is InChI=1S/C53H38O28/c1-4-6-8-9-7(5(2)26(6)54)30(58)48(76)40(68)16(9)34(62)31(59)12(8)14(27(4)55)18-28(56)20(44(72)49(77)42(18)70)22-36(64)38(66)23(39(67)37(22)65)21-29(57)19(43(71)50(78)45(21)73)15-13-10-11-17(35(63)32(13)60)41(69)51(79)47(75)25(11)53(3,81)52(80)24(10)46(74)33(15)61/h52,54-81H,1-3H3. The number of phenols is 26. The fourth-order valence-electron chi connectivity index (χ4n) is 11.6. The van der Waals surface area contributed by atoms with Crippen molar-refractivity contribution in [2.24, 2.45) is 0 Å². The fraction of sp³-hybridized carbons (Fsp3) is 0.0943. The molecule has 11 rings (SSSR count). The summed E-state index contributed by atoms with van der Waals surface area (Å²) < 4.78 is 0. The number of hydrogen-bond donors (Lipinski definition) is 28. The van der Waals surface area contributed by atoms with Gasteiger partial charge in [0.05, 0.1) is 44.2 Å². The van der Waals surface area contributed by atoms with Crippen LogP contribution in [0.3, 0.4) is 0 Å². The van der Waals surface area contributed by atoms with Crippen molar-refractivity contribution in [1.82, 2.24) is 0 Å². The molecule has 1 aliphatic rings. The molecule has 1 aliphatic carbocycles. The average Bonchev–Trinajstić information content (AvgIpc) is 2.23. The highest BCUT2D eigenvalue weighted by atomic mass is 16.4. The molecule has 28 nitrogen and oxygen atoms in total. The molecule has 0 aromatic heterocycles. The number of rotatable bonds is 4. The van der Waals surface area contributed by atoms with E-state index in [2.05, 4.69) is 0 Å². The van der Waals surface area contributed by atoms with Crippen LogP contribution in [0.25, 0.3) is 98.4 Å². The van der Waals surface area contributed by atoms with Crippen molar-refractivity contribution in [3.8, 4) is 194 Å². The van der Waals surface area contributed by atoms with E-state index in [1.54, 1.807) is 0 Å². The molecule has 0 spiro atoms. The summed E-state index contributed by atoms with van der Waals surface area (Å²) >= 11 is 0. The minimum atomic E-state index is -2.83. The highest BCUT2D eigenvalue weighted by Gasteiger charge is 2.49. The summed E-state index contributed by atoms with van der Waals surface area (Å²) in [5.41, 5.74) is -17.0. The van der Waals surface area contributed by atoms with Gasteiger partial charge >= 0.3 is 0 Å². The van der Waals surface area contributed by atoms with Crippen molar-refractivity contribution < 1.29 is 143 Å². The van der Waals surface area contributed by atoms with Crippen LogP contribution in [-0.4, -0.2) is 143 Å². The van der Waals surface area contributed by atoms with Crippen molar-refractivity contribution in [3.63, 3.8) is 0 Å². The van der Waals surface area contributed by atoms with Gasteiger partial charge in [-0.05, 0) is 20.8 Å². The molecule has 10 aromatic carbocycles. The van der Waals surface area contributed by atoms with E-state index in [1.165, 1.54) is 6.92 Å². The lowest BCUT2D eigenvalue weighted by Gasteiger charge is -2.37. The molecule has 10 aromatic rings. The molecule has 2 atom stereocenters. The summed E-state index contributed by atoms with van der Waals surface area (Å²) in [6.07, 6.45) is -2.50. The lowest BCUT2D eigenvalue weighted by molar-refractivity contribution is -0.0707. The van der Waals surface area contributed by atoms with Crippen molar-refractivity contribution in [2.75, 3.05) is 0 Å². The Hall–Kier alpha value is -11.5. The summed E-state index contributed by atoms with van der Waals surface area (Å²) in [4.78, 5) is 0. The first-order valence-corrected chi connectivity index (χ1v) is 22.9. The van der Waals surface area contributed by atoms with E-state index in [0.717, 1.165) is 13.8 Å². The monoisotopic (exact) mass is 1120 g/mol. The topological polar surface area (TPSA) is 566 Å². The van der Waals surface area contributed by atoms with Crippen LogP contribution in [0.5, 0.6) is 149 Å². The highest BCUT2D eigenvalue weighted by Crippen LogP contribution is 2.71. The number of hydrogen-bond acceptors (Lipinski definition) is 28. The van der Waals surface area contributed by atoms with Gasteiger partial charge in [0.2, 0.25) is 23.0 Å². The van der Waals surface area contributed by atoms with Crippen LogP contribution in [-0.2, 0) is 5.60 Å². The van der Waals surface area contributed by atoms with Gasteiger partial charge in [-0.2, -0.15) is 0 Å². The third kappa shape index (κ3) is 5.60. The van der Waals surface area contributed by atoms with E-state index in [1.807, 2.05) is 0 Å². The van der Waals surface area contributed by atoms with Crippen LogP contribution < -0.4 is 0 Å². The summed E-state index contributed by atoms with van der Waals surface area (Å²) in [6.45, 7) is 3.10. The minimum Gasteiger partial charge on any atom is -0.507 e. The molecule has 0 saturated heterocycles. The zero-order valence-corrected chi connectivity index (χ0v) is 40.6. The van der Waals surface area contributed by atoms with Crippen molar-refractivity contribution >= 4 is 53.9 Å². The molecule has 418 valence electrons. The molecule has 0 aliphatic heterocycles. The molecule has 0 amide bonds. The Kier molecular flexibility index (Phi) is 9.92. The van der Waals surface area contributed by atoms with E-state index >= 15 is 0 Å². The molecule has 2 unspecified atom stereocenters. The first-order valence-electron chi connectivity index (χ1n) is 22.9. The quantitative estimate of drug-likeness (QED) is 0.0564. The second-order valence-electron chi connectivity index (χ2n) is 19.4. The van der Waals surface area contributed by atoms with Gasteiger partial charge in [0.1, 0.15) is 34.7 Å². The molecular formula is C53H38O28. The van der Waals surface area contributed by atoms with Gasteiger partial charge in [0, 0.05) is 76.5 Å². The fourth-order valence-corrected chi connectivity index (χ4v) is 11.6.